The Balaban J connectivity index is 2.49. The molecule has 0 aromatic heterocycles. The van der Waals surface area contributed by atoms with Crippen molar-refractivity contribution >= 4 is 11.7 Å². The second kappa shape index (κ2) is 4.95. The molecule has 0 bridgehead atoms. The van der Waals surface area contributed by atoms with Crippen LogP contribution < -0.4 is 0 Å². The monoisotopic (exact) mass is 109 g/mol. The molecule has 1 nitrogen and oxygen atoms in total. The summed E-state index contributed by atoms with van der Waals surface area (Å²) in [6.45, 7) is -0.366. The molecule has 0 unspecified atom stereocenters. The van der Waals surface area contributed by atoms with Crippen LogP contribution in [0.15, 0.2) is 0 Å². The van der Waals surface area contributed by atoms with E-state index >= 15 is 0 Å². The molecule has 0 spiro atoms. The second-order valence-electron chi connectivity index (χ2n) is 0.865. The minimum atomic E-state index is -0.366. The molecule has 6 heavy (non-hydrogen) atoms. The molecule has 0 aliphatic carbocycles. The molecule has 0 aliphatic heterocycles. The van der Waals surface area contributed by atoms with E-state index in [0.29, 0.717) is 23.8 Å². The zero-order valence-corrected chi connectivity index (χ0v) is 4.13. The molecule has 0 saturated carbocycles. The van der Waals surface area contributed by atoms with Gasteiger partial charge in [-0.05, 0) is 0 Å². The van der Waals surface area contributed by atoms with Crippen LogP contribution in [0.25, 0.3) is 0 Å². The van der Waals surface area contributed by atoms with E-state index in [0.717, 1.165) is 0 Å². The summed E-state index contributed by atoms with van der Waals surface area (Å²) in [6, 6.07) is 0. The number of alkyl halides is 1. The molecular formula is C3H6FOS+. The van der Waals surface area contributed by atoms with Gasteiger partial charge in [-0.15, -0.1) is 0 Å². The second-order valence-corrected chi connectivity index (χ2v) is 1.51. The maximum atomic E-state index is 11.0. The Morgan fingerprint density at radius 1 is 1.67 bits per heavy atom. The van der Waals surface area contributed by atoms with E-state index in [1.807, 2.05) is 0 Å². The van der Waals surface area contributed by atoms with E-state index in [1.165, 1.54) is 0 Å². The fraction of sp³-hybridized carbons (Fsp3) is 1.00. The van der Waals surface area contributed by atoms with E-state index in [-0.39, 0.29) is 6.67 Å². The van der Waals surface area contributed by atoms with Crippen molar-refractivity contribution < 1.29 is 8.60 Å². The Bertz CT molecular complexity index is 39.8. The molecule has 0 fully saturated rings. The lowest BCUT2D eigenvalue weighted by atomic mass is 10.6. The molecule has 0 rings (SSSR count). The fourth-order valence-electron chi connectivity index (χ4n) is 0.113. The third-order valence-electron chi connectivity index (χ3n) is 0.361. The lowest BCUT2D eigenvalue weighted by Crippen LogP contribution is -1.80. The Morgan fingerprint density at radius 2 is 2.33 bits per heavy atom. The summed E-state index contributed by atoms with van der Waals surface area (Å²) in [5.41, 5.74) is 0. The van der Waals surface area contributed by atoms with Gasteiger partial charge >= 0.3 is 11.7 Å². The van der Waals surface area contributed by atoms with Crippen molar-refractivity contribution in [3.63, 3.8) is 0 Å². The van der Waals surface area contributed by atoms with Gasteiger partial charge in [-0.2, -0.15) is 0 Å². The maximum Gasteiger partial charge on any atom is 0.458 e. The molecule has 0 atom stereocenters. The van der Waals surface area contributed by atoms with Crippen LogP contribution in [-0.2, 0) is 15.9 Å². The third-order valence-corrected chi connectivity index (χ3v) is 0.817. The van der Waals surface area contributed by atoms with E-state index in [4.69, 9.17) is 0 Å². The number of rotatable bonds is 3. The van der Waals surface area contributed by atoms with Gasteiger partial charge in [0, 0.05) is 10.6 Å². The average molecular weight is 109 g/mol. The van der Waals surface area contributed by atoms with Gasteiger partial charge in [0.15, 0.2) is 0 Å². The summed E-state index contributed by atoms with van der Waals surface area (Å²) < 4.78 is 20.5. The summed E-state index contributed by atoms with van der Waals surface area (Å²) in [4.78, 5) is 0. The van der Waals surface area contributed by atoms with Gasteiger partial charge in [-0.3, -0.25) is 4.39 Å². The van der Waals surface area contributed by atoms with Crippen LogP contribution in [0.3, 0.4) is 0 Å². The van der Waals surface area contributed by atoms with Crippen molar-refractivity contribution in [1.29, 1.82) is 0 Å². The van der Waals surface area contributed by atoms with Crippen LogP contribution >= 0.6 is 0 Å². The molecule has 0 radical (unpaired) electrons. The van der Waals surface area contributed by atoms with Gasteiger partial charge in [-0.1, -0.05) is 0 Å². The van der Waals surface area contributed by atoms with E-state index < -0.39 is 0 Å². The summed E-state index contributed by atoms with van der Waals surface area (Å²) in [6.07, 6.45) is 0.397. The van der Waals surface area contributed by atoms with E-state index in [1.54, 1.807) is 0 Å². The molecule has 0 heterocycles. The first-order valence-corrected chi connectivity index (χ1v) is 2.63. The summed E-state index contributed by atoms with van der Waals surface area (Å²) in [7, 11) is 0. The topological polar surface area (TPSA) is 17.1 Å². The molecule has 0 amide bonds. The predicted octanol–water partition coefficient (Wildman–Crippen LogP) is 0.774. The first kappa shape index (κ1) is 5.95. The highest BCUT2D eigenvalue weighted by atomic mass is 32.1. The standard InChI is InChI=1S/C3H6FOS/c4-2-1-3-6-5/h1-3H2/q+1. The minimum absolute atomic E-state index is 0.366. The number of hydrogen-bond acceptors (Lipinski definition) is 1. The predicted molar refractivity (Wildman–Crippen MR) is 23.5 cm³/mol. The van der Waals surface area contributed by atoms with Crippen LogP contribution in [0.1, 0.15) is 6.42 Å². The van der Waals surface area contributed by atoms with Gasteiger partial charge < -0.3 is 0 Å². The number of halogens is 1. The van der Waals surface area contributed by atoms with Crippen molar-refractivity contribution in [2.24, 2.45) is 0 Å². The first-order chi connectivity index (χ1) is 2.91. The average Bonchev–Trinajstić information content (AvgIpc) is 1.61. The smallest absolute Gasteiger partial charge is 0.251 e. The summed E-state index contributed by atoms with van der Waals surface area (Å²) >= 11 is 0.436. The van der Waals surface area contributed by atoms with Crippen molar-refractivity contribution in [2.45, 2.75) is 6.42 Å². The maximum absolute atomic E-state index is 11.0. The normalized spacial score (nSPS) is 8.17. The molecular weight excluding hydrogens is 103 g/mol. The zero-order chi connectivity index (χ0) is 4.83. The van der Waals surface area contributed by atoms with Gasteiger partial charge in [-0.25, -0.2) is 0 Å². The summed E-state index contributed by atoms with van der Waals surface area (Å²) in [5.74, 6) is 0.399. The highest BCUT2D eigenvalue weighted by Crippen LogP contribution is 1.75. The Hall–Kier alpha value is -0.0500. The van der Waals surface area contributed by atoms with E-state index in [9.17, 15) is 8.60 Å². The fourth-order valence-corrected chi connectivity index (χ4v) is 0.340. The molecule has 0 aromatic rings. The van der Waals surface area contributed by atoms with Gasteiger partial charge in [0.2, 0.25) is 5.75 Å². The lowest BCUT2D eigenvalue weighted by Gasteiger charge is -1.66. The molecule has 0 N–H and O–H groups in total. The summed E-state index contributed by atoms with van der Waals surface area (Å²) in [5, 5.41) is 0. The third kappa shape index (κ3) is 3.95. The first-order valence-electron chi connectivity index (χ1n) is 1.72. The number of hydrogen-bond donors (Lipinski definition) is 0. The SMILES string of the molecule is O=[S+]CCCF. The van der Waals surface area contributed by atoms with Crippen molar-refractivity contribution in [1.82, 2.24) is 0 Å². The van der Waals surface area contributed by atoms with Crippen LogP contribution in [0.4, 0.5) is 4.39 Å². The zero-order valence-electron chi connectivity index (χ0n) is 3.32. The van der Waals surface area contributed by atoms with Gasteiger partial charge in [0.25, 0.3) is 0 Å². The van der Waals surface area contributed by atoms with Crippen molar-refractivity contribution in [3.05, 3.63) is 0 Å². The van der Waals surface area contributed by atoms with Crippen LogP contribution in [0, 0.1) is 0 Å². The van der Waals surface area contributed by atoms with Crippen LogP contribution in [0.2, 0.25) is 0 Å². The quantitative estimate of drug-likeness (QED) is 0.386. The van der Waals surface area contributed by atoms with Crippen LogP contribution in [-0.4, -0.2) is 12.4 Å². The Labute approximate surface area is 40.0 Å². The van der Waals surface area contributed by atoms with E-state index in [2.05, 4.69) is 0 Å². The Kier molecular flexibility index (Phi) is 4.91. The van der Waals surface area contributed by atoms with Crippen molar-refractivity contribution in [2.75, 3.05) is 12.4 Å². The molecule has 36 valence electrons. The molecule has 3 heteroatoms. The molecule has 0 saturated heterocycles. The van der Waals surface area contributed by atoms with Gasteiger partial charge in [0.1, 0.15) is 0 Å². The molecule has 0 aliphatic rings. The lowest BCUT2D eigenvalue weighted by molar-refractivity contribution is 0.487. The highest BCUT2D eigenvalue weighted by Gasteiger charge is 1.93. The minimum Gasteiger partial charge on any atom is -0.251 e. The van der Waals surface area contributed by atoms with Crippen molar-refractivity contribution in [3.8, 4) is 0 Å². The molecule has 0 aromatic carbocycles. The van der Waals surface area contributed by atoms with Crippen LogP contribution in [0.5, 0.6) is 0 Å². The largest absolute Gasteiger partial charge is 0.458 e. The highest BCUT2D eigenvalue weighted by molar-refractivity contribution is 7.65. The Morgan fingerprint density at radius 3 is 2.50 bits per heavy atom. The van der Waals surface area contributed by atoms with Gasteiger partial charge in [0.05, 0.1) is 6.67 Å².